The van der Waals surface area contributed by atoms with Gasteiger partial charge < -0.3 is 10.5 Å². The number of nitrogens with two attached hydrogens (primary N) is 1. The summed E-state index contributed by atoms with van der Waals surface area (Å²) in [5.41, 5.74) is 4.17. The van der Waals surface area contributed by atoms with Crippen molar-refractivity contribution >= 4 is 16.5 Å². The molecule has 0 aliphatic carbocycles. The van der Waals surface area contributed by atoms with Crippen molar-refractivity contribution in [2.75, 3.05) is 5.73 Å². The first-order chi connectivity index (χ1) is 9.03. The van der Waals surface area contributed by atoms with Crippen LogP contribution in [0, 0.1) is 11.6 Å². The standard InChI is InChI=1S/C14H19F2NO2S/c1-13(2)7-11(14(3,4)19-13)20(18)12-9(15)5-8(17)6-10(12)16/h5-6,11H,7,17H2,1-4H3. The van der Waals surface area contributed by atoms with Crippen molar-refractivity contribution in [1.82, 2.24) is 0 Å². The molecule has 0 bridgehead atoms. The van der Waals surface area contributed by atoms with E-state index in [1.807, 2.05) is 13.8 Å². The van der Waals surface area contributed by atoms with Crippen LogP contribution in [0.3, 0.4) is 0 Å². The highest BCUT2D eigenvalue weighted by Gasteiger charge is 2.49. The van der Waals surface area contributed by atoms with Crippen LogP contribution in [0.1, 0.15) is 34.1 Å². The second-order valence-electron chi connectivity index (χ2n) is 6.27. The predicted molar refractivity (Wildman–Crippen MR) is 74.8 cm³/mol. The minimum atomic E-state index is -1.84. The number of nitrogen functional groups attached to an aromatic ring is 1. The Hall–Kier alpha value is -1.01. The number of hydrogen-bond donors (Lipinski definition) is 1. The van der Waals surface area contributed by atoms with Crippen LogP contribution in [0.25, 0.3) is 0 Å². The Balaban J connectivity index is 2.43. The molecule has 1 saturated heterocycles. The maximum atomic E-state index is 13.9. The summed E-state index contributed by atoms with van der Waals surface area (Å²) in [5, 5.41) is -0.481. The molecule has 0 aromatic heterocycles. The lowest BCUT2D eigenvalue weighted by Crippen LogP contribution is -2.36. The van der Waals surface area contributed by atoms with E-state index in [0.717, 1.165) is 12.1 Å². The Bertz CT molecular complexity index is 549. The van der Waals surface area contributed by atoms with E-state index in [4.69, 9.17) is 10.5 Å². The Morgan fingerprint density at radius 3 is 2.15 bits per heavy atom. The van der Waals surface area contributed by atoms with E-state index in [-0.39, 0.29) is 5.69 Å². The summed E-state index contributed by atoms with van der Waals surface area (Å²) >= 11 is 0. The fourth-order valence-corrected chi connectivity index (χ4v) is 4.66. The van der Waals surface area contributed by atoms with Gasteiger partial charge in [0, 0.05) is 5.69 Å². The normalized spacial score (nSPS) is 25.6. The van der Waals surface area contributed by atoms with Crippen LogP contribution in [-0.2, 0) is 15.5 Å². The van der Waals surface area contributed by atoms with E-state index in [9.17, 15) is 13.0 Å². The second-order valence-corrected chi connectivity index (χ2v) is 7.84. The number of anilines is 1. The fraction of sp³-hybridized carbons (Fsp3) is 0.571. The van der Waals surface area contributed by atoms with E-state index >= 15 is 0 Å². The first-order valence-corrected chi connectivity index (χ1v) is 7.60. The molecule has 1 aromatic carbocycles. The summed E-state index contributed by atoms with van der Waals surface area (Å²) in [6.07, 6.45) is 0.468. The lowest BCUT2D eigenvalue weighted by atomic mass is 10.0. The van der Waals surface area contributed by atoms with Crippen LogP contribution in [0.5, 0.6) is 0 Å². The molecule has 20 heavy (non-hydrogen) atoms. The van der Waals surface area contributed by atoms with Gasteiger partial charge in [0.1, 0.15) is 16.5 Å². The third-order valence-electron chi connectivity index (χ3n) is 3.47. The summed E-state index contributed by atoms with van der Waals surface area (Å²) < 4.78 is 46.3. The van der Waals surface area contributed by atoms with E-state index in [1.54, 1.807) is 13.8 Å². The number of benzene rings is 1. The summed E-state index contributed by atoms with van der Waals surface area (Å²) in [6.45, 7) is 7.33. The van der Waals surface area contributed by atoms with Gasteiger partial charge in [-0.1, -0.05) is 0 Å². The molecule has 112 valence electrons. The summed E-state index contributed by atoms with van der Waals surface area (Å²) in [7, 11) is -1.84. The monoisotopic (exact) mass is 303 g/mol. The minimum Gasteiger partial charge on any atom is -0.399 e. The predicted octanol–water partition coefficient (Wildman–Crippen LogP) is 3.00. The second kappa shape index (κ2) is 4.77. The zero-order valence-corrected chi connectivity index (χ0v) is 12.8. The van der Waals surface area contributed by atoms with Crippen LogP contribution in [0.4, 0.5) is 14.5 Å². The minimum absolute atomic E-state index is 0.0250. The van der Waals surface area contributed by atoms with Gasteiger partial charge in [-0.3, -0.25) is 4.21 Å². The number of rotatable bonds is 2. The number of hydrogen-bond acceptors (Lipinski definition) is 3. The molecule has 2 atom stereocenters. The van der Waals surface area contributed by atoms with Crippen molar-refractivity contribution in [3.05, 3.63) is 23.8 Å². The highest BCUT2D eigenvalue weighted by atomic mass is 32.2. The van der Waals surface area contributed by atoms with Crippen molar-refractivity contribution in [3.8, 4) is 0 Å². The smallest absolute Gasteiger partial charge is 0.144 e. The van der Waals surface area contributed by atoms with Crippen molar-refractivity contribution in [2.45, 2.75) is 55.5 Å². The Kier molecular flexibility index (Phi) is 3.67. The average Bonchev–Trinajstić information content (AvgIpc) is 2.44. The molecule has 1 heterocycles. The Morgan fingerprint density at radius 1 is 1.25 bits per heavy atom. The SMILES string of the molecule is CC1(C)CC(S(=O)c2c(F)cc(N)cc2F)C(C)(C)O1. The molecule has 6 heteroatoms. The lowest BCUT2D eigenvalue weighted by molar-refractivity contribution is -0.0633. The zero-order chi connectivity index (χ0) is 15.3. The Morgan fingerprint density at radius 2 is 1.75 bits per heavy atom. The summed E-state index contributed by atoms with van der Waals surface area (Å²) in [6, 6.07) is 1.98. The number of ether oxygens (including phenoxy) is 1. The zero-order valence-electron chi connectivity index (χ0n) is 12.0. The van der Waals surface area contributed by atoms with Crippen molar-refractivity contribution in [3.63, 3.8) is 0 Å². The van der Waals surface area contributed by atoms with E-state index in [2.05, 4.69) is 0 Å². The lowest BCUT2D eigenvalue weighted by Gasteiger charge is -2.27. The summed E-state index contributed by atoms with van der Waals surface area (Å²) in [5.74, 6) is -1.75. The van der Waals surface area contributed by atoms with Crippen LogP contribution in [-0.4, -0.2) is 20.7 Å². The van der Waals surface area contributed by atoms with Gasteiger partial charge in [0.2, 0.25) is 0 Å². The van der Waals surface area contributed by atoms with Crippen molar-refractivity contribution < 1.29 is 17.7 Å². The molecule has 2 rings (SSSR count). The molecule has 1 aliphatic heterocycles. The van der Waals surface area contributed by atoms with Gasteiger partial charge in [-0.25, -0.2) is 8.78 Å². The molecule has 1 aromatic rings. The van der Waals surface area contributed by atoms with Crippen LogP contribution in [0.15, 0.2) is 17.0 Å². The Labute approximate surface area is 120 Å². The van der Waals surface area contributed by atoms with Crippen LogP contribution < -0.4 is 5.73 Å². The van der Waals surface area contributed by atoms with Gasteiger partial charge in [0.25, 0.3) is 0 Å². The van der Waals surface area contributed by atoms with Crippen LogP contribution >= 0.6 is 0 Å². The first-order valence-electron chi connectivity index (χ1n) is 6.39. The molecule has 2 unspecified atom stereocenters. The van der Waals surface area contributed by atoms with Gasteiger partial charge in [0.05, 0.1) is 27.3 Å². The number of halogens is 2. The van der Waals surface area contributed by atoms with Gasteiger partial charge in [-0.15, -0.1) is 0 Å². The van der Waals surface area contributed by atoms with Gasteiger partial charge >= 0.3 is 0 Å². The van der Waals surface area contributed by atoms with E-state index < -0.39 is 43.8 Å². The van der Waals surface area contributed by atoms with Crippen molar-refractivity contribution in [2.24, 2.45) is 0 Å². The largest absolute Gasteiger partial charge is 0.399 e. The average molecular weight is 303 g/mol. The maximum absolute atomic E-state index is 13.9. The molecule has 0 amide bonds. The topological polar surface area (TPSA) is 52.3 Å². The maximum Gasteiger partial charge on any atom is 0.144 e. The third-order valence-corrected chi connectivity index (χ3v) is 5.52. The highest BCUT2D eigenvalue weighted by molar-refractivity contribution is 7.85. The quantitative estimate of drug-likeness (QED) is 0.855. The molecule has 0 radical (unpaired) electrons. The molecular formula is C14H19F2NO2S. The molecule has 1 fully saturated rings. The van der Waals surface area contributed by atoms with Crippen molar-refractivity contribution in [1.29, 1.82) is 0 Å². The van der Waals surface area contributed by atoms with Gasteiger partial charge in [0.15, 0.2) is 0 Å². The molecule has 1 aliphatic rings. The van der Waals surface area contributed by atoms with Crippen LogP contribution in [0.2, 0.25) is 0 Å². The van der Waals surface area contributed by atoms with E-state index in [0.29, 0.717) is 6.42 Å². The summed E-state index contributed by atoms with van der Waals surface area (Å²) in [4.78, 5) is -0.418. The molecular weight excluding hydrogens is 284 g/mol. The van der Waals surface area contributed by atoms with Gasteiger partial charge in [-0.05, 0) is 46.2 Å². The molecule has 2 N–H and O–H groups in total. The molecule has 0 spiro atoms. The van der Waals surface area contributed by atoms with Gasteiger partial charge in [-0.2, -0.15) is 0 Å². The third kappa shape index (κ3) is 2.72. The van der Waals surface area contributed by atoms with E-state index in [1.165, 1.54) is 0 Å². The molecule has 3 nitrogen and oxygen atoms in total. The molecule has 0 saturated carbocycles. The fourth-order valence-electron chi connectivity index (χ4n) is 2.76. The highest BCUT2D eigenvalue weighted by Crippen LogP contribution is 2.42. The first kappa shape index (κ1) is 15.4.